The molecule has 3 rings (SSSR count). The van der Waals surface area contributed by atoms with Gasteiger partial charge in [-0.05, 0) is 12.8 Å². The molecule has 1 amide bonds. The van der Waals surface area contributed by atoms with Gasteiger partial charge in [0.25, 0.3) is 5.91 Å². The van der Waals surface area contributed by atoms with Crippen LogP contribution in [0.5, 0.6) is 0 Å². The second-order valence-electron chi connectivity index (χ2n) is 4.92. The molecule has 1 N–H and O–H groups in total. The number of nitrogens with one attached hydrogen (secondary N) is 1. The fraction of sp³-hybridized carbons (Fsp3) is 0.500. The third-order valence-corrected chi connectivity index (χ3v) is 4.20. The number of carbonyl (C=O) groups excluding carboxylic acids is 1. The fourth-order valence-corrected chi connectivity index (χ4v) is 3.08. The van der Waals surface area contributed by atoms with Crippen LogP contribution in [-0.4, -0.2) is 29.6 Å². The second kappa shape index (κ2) is 6.99. The second-order valence-corrected chi connectivity index (χ2v) is 5.86. The molecule has 0 aromatic carbocycles. The molecule has 1 aliphatic rings. The zero-order valence-corrected chi connectivity index (χ0v) is 13.0. The maximum Gasteiger partial charge on any atom is 0.273 e. The van der Waals surface area contributed by atoms with E-state index in [0.717, 1.165) is 23.5 Å². The molecule has 2 aromatic heterocycles. The predicted molar refractivity (Wildman–Crippen MR) is 78.4 cm³/mol. The van der Waals surface area contributed by atoms with Gasteiger partial charge >= 0.3 is 0 Å². The minimum Gasteiger partial charge on any atom is -0.445 e. The Labute approximate surface area is 131 Å². The van der Waals surface area contributed by atoms with E-state index in [0.29, 0.717) is 31.2 Å². The Morgan fingerprint density at radius 3 is 3.27 bits per heavy atom. The predicted octanol–water partition coefficient (Wildman–Crippen LogP) is 2.06. The van der Waals surface area contributed by atoms with E-state index in [1.165, 1.54) is 17.7 Å². The largest absolute Gasteiger partial charge is 0.445 e. The number of methoxy groups -OCH3 is 1. The van der Waals surface area contributed by atoms with Crippen LogP contribution in [0.2, 0.25) is 0 Å². The lowest BCUT2D eigenvalue weighted by Gasteiger charge is -2.07. The number of thiazole rings is 1. The molecule has 8 heteroatoms. The lowest BCUT2D eigenvalue weighted by atomic mass is 10.1. The van der Waals surface area contributed by atoms with Crippen LogP contribution in [0.25, 0.3) is 0 Å². The van der Waals surface area contributed by atoms with Gasteiger partial charge in [-0.2, -0.15) is 0 Å². The van der Waals surface area contributed by atoms with Crippen molar-refractivity contribution < 1.29 is 18.7 Å². The van der Waals surface area contributed by atoms with E-state index in [1.54, 1.807) is 7.11 Å². The topological polar surface area (TPSA) is 86.5 Å². The molecule has 0 bridgehead atoms. The van der Waals surface area contributed by atoms with Gasteiger partial charge in [-0.1, -0.05) is 0 Å². The summed E-state index contributed by atoms with van der Waals surface area (Å²) in [7, 11) is 1.63. The normalized spacial score (nSPS) is 17.8. The number of rotatable bonds is 6. The van der Waals surface area contributed by atoms with Crippen LogP contribution in [0.4, 0.5) is 0 Å². The van der Waals surface area contributed by atoms with Gasteiger partial charge in [0.05, 0.1) is 18.8 Å². The molecule has 0 aliphatic carbocycles. The van der Waals surface area contributed by atoms with Crippen LogP contribution in [0.1, 0.15) is 45.9 Å². The minimum atomic E-state index is -0.277. The lowest BCUT2D eigenvalue weighted by Crippen LogP contribution is -2.24. The summed E-state index contributed by atoms with van der Waals surface area (Å²) in [5, 5.41) is 5.59. The number of amides is 1. The highest BCUT2D eigenvalue weighted by Gasteiger charge is 2.27. The van der Waals surface area contributed by atoms with Crippen molar-refractivity contribution in [3.63, 3.8) is 0 Å². The van der Waals surface area contributed by atoms with Crippen molar-refractivity contribution in [2.24, 2.45) is 0 Å². The highest BCUT2D eigenvalue weighted by molar-refractivity contribution is 7.09. The molecule has 1 fully saturated rings. The third-order valence-electron chi connectivity index (χ3n) is 3.33. The summed E-state index contributed by atoms with van der Waals surface area (Å²) in [4.78, 5) is 20.6. The zero-order chi connectivity index (χ0) is 15.4. The Balaban J connectivity index is 1.61. The first kappa shape index (κ1) is 15.1. The highest BCUT2D eigenvalue weighted by atomic mass is 32.1. The van der Waals surface area contributed by atoms with E-state index in [-0.39, 0.29) is 12.0 Å². The average Bonchev–Trinajstić information content (AvgIpc) is 3.25. The van der Waals surface area contributed by atoms with Gasteiger partial charge < -0.3 is 19.2 Å². The Morgan fingerprint density at radius 2 is 2.50 bits per heavy atom. The van der Waals surface area contributed by atoms with Gasteiger partial charge in [-0.15, -0.1) is 11.3 Å². The quantitative estimate of drug-likeness (QED) is 0.875. The van der Waals surface area contributed by atoms with E-state index in [2.05, 4.69) is 15.3 Å². The molecule has 0 radical (unpaired) electrons. The molecule has 2 aromatic rings. The Bertz CT molecular complexity index is 634. The smallest absolute Gasteiger partial charge is 0.273 e. The number of hydrogen-bond acceptors (Lipinski definition) is 7. The molecule has 0 saturated carbocycles. The Kier molecular flexibility index (Phi) is 4.81. The van der Waals surface area contributed by atoms with E-state index < -0.39 is 0 Å². The summed E-state index contributed by atoms with van der Waals surface area (Å²) in [6.45, 7) is 1.51. The molecule has 1 atom stereocenters. The maximum absolute atomic E-state index is 12.3. The van der Waals surface area contributed by atoms with E-state index >= 15 is 0 Å². The van der Waals surface area contributed by atoms with E-state index in [4.69, 9.17) is 13.9 Å². The van der Waals surface area contributed by atoms with Crippen LogP contribution < -0.4 is 5.32 Å². The molecule has 7 nitrogen and oxygen atoms in total. The van der Waals surface area contributed by atoms with Crippen LogP contribution in [0.15, 0.2) is 16.2 Å². The van der Waals surface area contributed by atoms with Crippen molar-refractivity contribution in [2.75, 3.05) is 13.7 Å². The molecule has 1 saturated heterocycles. The van der Waals surface area contributed by atoms with Gasteiger partial charge in [0.15, 0.2) is 17.8 Å². The standard InChI is InChI=1S/C14H17N3O4S/c1-19-6-11-17-9(7-22-11)5-15-14(18)12-13(21-8-16-12)10-3-2-4-20-10/h7-8,10H,2-6H2,1H3,(H,15,18). The van der Waals surface area contributed by atoms with Crippen molar-refractivity contribution >= 4 is 17.2 Å². The van der Waals surface area contributed by atoms with Crippen LogP contribution in [-0.2, 0) is 22.6 Å². The number of oxazole rings is 1. The molecule has 0 spiro atoms. The molecular formula is C14H17N3O4S. The van der Waals surface area contributed by atoms with Crippen molar-refractivity contribution in [3.8, 4) is 0 Å². The van der Waals surface area contributed by atoms with Gasteiger partial charge in [0.1, 0.15) is 11.1 Å². The SMILES string of the molecule is COCc1nc(CNC(=O)c2ncoc2C2CCCO2)cs1. The van der Waals surface area contributed by atoms with Crippen LogP contribution in [0, 0.1) is 0 Å². The Morgan fingerprint density at radius 1 is 1.59 bits per heavy atom. The molecule has 22 heavy (non-hydrogen) atoms. The summed E-state index contributed by atoms with van der Waals surface area (Å²) in [6.07, 6.45) is 2.93. The molecule has 1 unspecified atom stereocenters. The van der Waals surface area contributed by atoms with Gasteiger partial charge in [-0.25, -0.2) is 9.97 Å². The summed E-state index contributed by atoms with van der Waals surface area (Å²) in [5.41, 5.74) is 1.09. The van der Waals surface area contributed by atoms with Crippen LogP contribution >= 0.6 is 11.3 Å². The summed E-state index contributed by atoms with van der Waals surface area (Å²) in [6, 6.07) is 0. The summed E-state index contributed by atoms with van der Waals surface area (Å²) < 4.78 is 15.9. The number of carbonyl (C=O) groups is 1. The molecular weight excluding hydrogens is 306 g/mol. The third kappa shape index (κ3) is 3.34. The zero-order valence-electron chi connectivity index (χ0n) is 12.2. The van der Waals surface area contributed by atoms with Crippen molar-refractivity contribution in [3.05, 3.63) is 33.9 Å². The minimum absolute atomic E-state index is 0.171. The highest BCUT2D eigenvalue weighted by Crippen LogP contribution is 2.30. The average molecular weight is 323 g/mol. The Hall–Kier alpha value is -1.77. The molecule has 3 heterocycles. The lowest BCUT2D eigenvalue weighted by molar-refractivity contribution is 0.0860. The van der Waals surface area contributed by atoms with Gasteiger partial charge in [0, 0.05) is 19.1 Å². The van der Waals surface area contributed by atoms with Crippen LogP contribution in [0.3, 0.4) is 0 Å². The van der Waals surface area contributed by atoms with Crippen molar-refractivity contribution in [2.45, 2.75) is 32.1 Å². The van der Waals surface area contributed by atoms with Crippen molar-refractivity contribution in [1.82, 2.24) is 15.3 Å². The first-order chi connectivity index (χ1) is 10.8. The number of ether oxygens (including phenoxy) is 2. The van der Waals surface area contributed by atoms with Gasteiger partial charge in [-0.3, -0.25) is 4.79 Å². The molecule has 118 valence electrons. The number of hydrogen-bond donors (Lipinski definition) is 1. The summed E-state index contributed by atoms with van der Waals surface area (Å²) in [5.74, 6) is 0.230. The fourth-order valence-electron chi connectivity index (χ4n) is 2.31. The maximum atomic E-state index is 12.3. The molecule has 1 aliphatic heterocycles. The summed E-state index contributed by atoms with van der Waals surface area (Å²) >= 11 is 1.51. The monoisotopic (exact) mass is 323 g/mol. The van der Waals surface area contributed by atoms with Gasteiger partial charge in [0.2, 0.25) is 0 Å². The first-order valence-corrected chi connectivity index (χ1v) is 7.91. The number of nitrogens with zero attached hydrogens (tertiary/aromatic N) is 2. The van der Waals surface area contributed by atoms with Crippen molar-refractivity contribution in [1.29, 1.82) is 0 Å². The number of aromatic nitrogens is 2. The van der Waals surface area contributed by atoms with E-state index in [9.17, 15) is 4.79 Å². The van der Waals surface area contributed by atoms with E-state index in [1.807, 2.05) is 5.38 Å². The first-order valence-electron chi connectivity index (χ1n) is 7.03.